The molecular formula is C29H32Si. The third kappa shape index (κ3) is 3.13. The normalized spacial score (nSPS) is 15.3. The standard InChI is InChI=1S/C29H32Si/c1-20-12-16-27(17-13-20)30(26-10-8-7-9-11-26,28-18-14-21(2)15-19-28)29-24(5)22(3)23(4)25(29)6/h7-19,29H,1-6H3. The minimum Gasteiger partial charge on any atom is -0.0647 e. The van der Waals surface area contributed by atoms with Crippen LogP contribution in [-0.2, 0) is 0 Å². The monoisotopic (exact) mass is 408 g/mol. The Balaban J connectivity index is 2.15. The van der Waals surface area contributed by atoms with E-state index in [2.05, 4.69) is 120 Å². The van der Waals surface area contributed by atoms with E-state index >= 15 is 0 Å². The van der Waals surface area contributed by atoms with Gasteiger partial charge in [0, 0.05) is 5.54 Å². The lowest BCUT2D eigenvalue weighted by atomic mass is 10.1. The zero-order chi connectivity index (χ0) is 21.5. The molecule has 4 rings (SSSR count). The van der Waals surface area contributed by atoms with Gasteiger partial charge < -0.3 is 0 Å². The fraction of sp³-hybridized carbons (Fsp3) is 0.241. The summed E-state index contributed by atoms with van der Waals surface area (Å²) in [5, 5.41) is 4.48. The minimum absolute atomic E-state index is 0.435. The molecule has 0 radical (unpaired) electrons. The van der Waals surface area contributed by atoms with Crippen LogP contribution >= 0.6 is 0 Å². The van der Waals surface area contributed by atoms with Gasteiger partial charge in [0.15, 0.2) is 8.07 Å². The van der Waals surface area contributed by atoms with Crippen molar-refractivity contribution in [1.29, 1.82) is 0 Å². The third-order valence-electron chi connectivity index (χ3n) is 7.29. The Labute approximate surface area is 183 Å². The van der Waals surface area contributed by atoms with Crippen LogP contribution in [0.4, 0.5) is 0 Å². The Morgan fingerprint density at radius 1 is 0.467 bits per heavy atom. The van der Waals surface area contributed by atoms with Gasteiger partial charge in [-0.25, -0.2) is 0 Å². The smallest absolute Gasteiger partial charge is 0.0647 e. The molecule has 30 heavy (non-hydrogen) atoms. The zero-order valence-electron chi connectivity index (χ0n) is 19.1. The largest absolute Gasteiger partial charge is 0.159 e. The summed E-state index contributed by atoms with van der Waals surface area (Å²) < 4.78 is 0. The molecule has 0 aliphatic heterocycles. The predicted molar refractivity (Wildman–Crippen MR) is 134 cm³/mol. The van der Waals surface area contributed by atoms with Crippen LogP contribution in [0.3, 0.4) is 0 Å². The minimum atomic E-state index is -2.36. The fourth-order valence-electron chi connectivity index (χ4n) is 5.33. The molecule has 0 heterocycles. The highest BCUT2D eigenvalue weighted by Gasteiger charge is 2.50. The lowest BCUT2D eigenvalue weighted by Crippen LogP contribution is -2.70. The summed E-state index contributed by atoms with van der Waals surface area (Å²) in [4.78, 5) is 0. The Hall–Kier alpha value is -2.64. The van der Waals surface area contributed by atoms with Gasteiger partial charge in [-0.3, -0.25) is 0 Å². The molecule has 1 aliphatic carbocycles. The quantitative estimate of drug-likeness (QED) is 0.376. The highest BCUT2D eigenvalue weighted by atomic mass is 28.3. The van der Waals surface area contributed by atoms with Crippen molar-refractivity contribution >= 4 is 23.6 Å². The van der Waals surface area contributed by atoms with Gasteiger partial charge in [-0.15, -0.1) is 0 Å². The van der Waals surface area contributed by atoms with E-state index in [4.69, 9.17) is 0 Å². The first-order valence-corrected chi connectivity index (χ1v) is 13.0. The first-order chi connectivity index (χ1) is 14.4. The van der Waals surface area contributed by atoms with Crippen LogP contribution in [0.1, 0.15) is 38.8 Å². The van der Waals surface area contributed by atoms with E-state index in [1.165, 1.54) is 37.8 Å². The number of benzene rings is 3. The molecule has 1 heteroatoms. The van der Waals surface area contributed by atoms with Gasteiger partial charge in [-0.2, -0.15) is 0 Å². The van der Waals surface area contributed by atoms with Crippen molar-refractivity contribution in [1.82, 2.24) is 0 Å². The maximum atomic E-state index is 2.40. The lowest BCUT2D eigenvalue weighted by molar-refractivity contribution is 1.09. The average molecular weight is 409 g/mol. The molecule has 0 amide bonds. The first kappa shape index (κ1) is 20.6. The second-order valence-corrected chi connectivity index (χ2v) is 12.9. The van der Waals surface area contributed by atoms with Crippen molar-refractivity contribution in [2.45, 2.75) is 47.1 Å². The maximum absolute atomic E-state index is 2.40. The fourth-order valence-corrected chi connectivity index (χ4v) is 11.2. The van der Waals surface area contributed by atoms with Gasteiger partial charge in [0.2, 0.25) is 0 Å². The Bertz CT molecular complexity index is 1040. The van der Waals surface area contributed by atoms with Crippen molar-refractivity contribution in [3.05, 3.63) is 112 Å². The van der Waals surface area contributed by atoms with E-state index in [-0.39, 0.29) is 0 Å². The van der Waals surface area contributed by atoms with Gasteiger partial charge in [0.05, 0.1) is 0 Å². The second-order valence-electron chi connectivity index (χ2n) is 8.96. The van der Waals surface area contributed by atoms with Crippen molar-refractivity contribution in [2.75, 3.05) is 0 Å². The number of hydrogen-bond acceptors (Lipinski definition) is 0. The Kier molecular flexibility index (Phi) is 5.42. The topological polar surface area (TPSA) is 0 Å². The number of allylic oxidation sites excluding steroid dienone is 4. The van der Waals surface area contributed by atoms with Gasteiger partial charge >= 0.3 is 0 Å². The van der Waals surface area contributed by atoms with Crippen LogP contribution in [-0.4, -0.2) is 8.07 Å². The Morgan fingerprint density at radius 2 is 0.833 bits per heavy atom. The number of rotatable bonds is 4. The molecular weight excluding hydrogens is 376 g/mol. The lowest BCUT2D eigenvalue weighted by Gasteiger charge is -2.41. The highest BCUT2D eigenvalue weighted by molar-refractivity contribution is 7.13. The van der Waals surface area contributed by atoms with E-state index in [9.17, 15) is 0 Å². The molecule has 0 nitrogen and oxygen atoms in total. The molecule has 0 saturated carbocycles. The van der Waals surface area contributed by atoms with Crippen molar-refractivity contribution in [3.63, 3.8) is 0 Å². The predicted octanol–water partition coefficient (Wildman–Crippen LogP) is 5.83. The van der Waals surface area contributed by atoms with E-state index in [1.54, 1.807) is 11.1 Å². The summed E-state index contributed by atoms with van der Waals surface area (Å²) in [7, 11) is -2.36. The molecule has 3 aromatic carbocycles. The number of hydrogen-bond donors (Lipinski definition) is 0. The van der Waals surface area contributed by atoms with Crippen molar-refractivity contribution < 1.29 is 0 Å². The van der Waals surface area contributed by atoms with Crippen molar-refractivity contribution in [2.24, 2.45) is 0 Å². The molecule has 0 saturated heterocycles. The van der Waals surface area contributed by atoms with Gasteiger partial charge in [-0.1, -0.05) is 101 Å². The van der Waals surface area contributed by atoms with Crippen LogP contribution in [0.2, 0.25) is 5.54 Å². The second kappa shape index (κ2) is 7.89. The molecule has 0 N–H and O–H groups in total. The molecule has 1 aliphatic rings. The summed E-state index contributed by atoms with van der Waals surface area (Å²) in [5.41, 5.74) is 9.11. The average Bonchev–Trinajstić information content (AvgIpc) is 2.95. The summed E-state index contributed by atoms with van der Waals surface area (Å²) in [5.74, 6) is 0. The summed E-state index contributed by atoms with van der Waals surface area (Å²) in [6.07, 6.45) is 0. The zero-order valence-corrected chi connectivity index (χ0v) is 20.1. The van der Waals surface area contributed by atoms with Crippen LogP contribution in [0.15, 0.2) is 101 Å². The number of aryl methyl sites for hydroxylation is 2. The van der Waals surface area contributed by atoms with Crippen LogP contribution < -0.4 is 15.6 Å². The van der Waals surface area contributed by atoms with Gasteiger partial charge in [-0.05, 0) is 68.2 Å². The van der Waals surface area contributed by atoms with Crippen molar-refractivity contribution in [3.8, 4) is 0 Å². The third-order valence-corrected chi connectivity index (χ3v) is 12.8. The molecule has 152 valence electrons. The van der Waals surface area contributed by atoms with Crippen LogP contribution in [0.5, 0.6) is 0 Å². The van der Waals surface area contributed by atoms with Crippen LogP contribution in [0, 0.1) is 13.8 Å². The molecule has 0 bridgehead atoms. The molecule has 0 aromatic heterocycles. The summed E-state index contributed by atoms with van der Waals surface area (Å²) >= 11 is 0. The van der Waals surface area contributed by atoms with Gasteiger partial charge in [0.25, 0.3) is 0 Å². The van der Waals surface area contributed by atoms with E-state index in [0.717, 1.165) is 0 Å². The maximum Gasteiger partial charge on any atom is 0.159 e. The van der Waals surface area contributed by atoms with E-state index in [0.29, 0.717) is 5.54 Å². The highest BCUT2D eigenvalue weighted by Crippen LogP contribution is 2.46. The molecule has 3 aromatic rings. The van der Waals surface area contributed by atoms with E-state index < -0.39 is 8.07 Å². The van der Waals surface area contributed by atoms with Crippen LogP contribution in [0.25, 0.3) is 0 Å². The van der Waals surface area contributed by atoms with Gasteiger partial charge in [0.1, 0.15) is 0 Å². The molecule has 0 fully saturated rings. The van der Waals surface area contributed by atoms with E-state index in [1.807, 2.05) is 0 Å². The SMILES string of the molecule is CC1=C(C)C([Si](c2ccccc2)(c2ccc(C)cc2)c2ccc(C)cc2)C(C)=C1C. The first-order valence-electron chi connectivity index (χ1n) is 10.9. The molecule has 0 unspecified atom stereocenters. The summed E-state index contributed by atoms with van der Waals surface area (Å²) in [6, 6.07) is 30.1. The molecule has 0 spiro atoms. The Morgan fingerprint density at radius 3 is 1.23 bits per heavy atom. The molecule has 0 atom stereocenters. The summed E-state index contributed by atoms with van der Waals surface area (Å²) in [6.45, 7) is 13.7.